The van der Waals surface area contributed by atoms with Crippen LogP contribution < -0.4 is 0 Å². The van der Waals surface area contributed by atoms with Crippen molar-refractivity contribution in [3.63, 3.8) is 0 Å². The Morgan fingerprint density at radius 1 is 0.909 bits per heavy atom. The lowest BCUT2D eigenvalue weighted by molar-refractivity contribution is 4.71. The molecule has 0 aromatic rings. The van der Waals surface area contributed by atoms with Gasteiger partial charge in [0, 0.05) is 0 Å². The Bertz CT molecular complexity index is 108. The average molecular weight is 356 g/mol. The minimum atomic E-state index is -0.502. The molecular weight excluding hydrogens is 341 g/mol. The molecule has 0 N–H and O–H groups in total. The minimum Gasteiger partial charge on any atom is -0.103 e. The summed E-state index contributed by atoms with van der Waals surface area (Å²) < 4.78 is 8.10. The molecule has 0 rings (SSSR count). The minimum absolute atomic E-state index is 0.0591. The van der Waals surface area contributed by atoms with Crippen LogP contribution in [0.5, 0.6) is 0 Å². The largest absolute Gasteiger partial charge is 0.103 e. The third kappa shape index (κ3) is 8.53. The molecule has 0 saturated carbocycles. The van der Waals surface area contributed by atoms with Gasteiger partial charge in [-0.2, -0.15) is 0 Å². The summed E-state index contributed by atoms with van der Waals surface area (Å²) in [6.45, 7) is -0.391. The fourth-order valence-electron chi connectivity index (χ4n) is 0.304. The number of hydrogen-bond donors (Lipinski definition) is 0. The van der Waals surface area contributed by atoms with Gasteiger partial charge < -0.3 is 0 Å². The number of rotatable bonds is 4. The van der Waals surface area contributed by atoms with Crippen molar-refractivity contribution >= 4 is 89.4 Å². The van der Waals surface area contributed by atoms with Gasteiger partial charge >= 0.3 is 0 Å². The summed E-state index contributed by atoms with van der Waals surface area (Å²) in [6, 6.07) is 0. The van der Waals surface area contributed by atoms with Gasteiger partial charge in [0.25, 0.3) is 0 Å². The molecule has 68 valence electrons. The standard InChI is InChI=1S/H13P11/c1-8(2)7-11(9(3)4)10(5)6/h7H,1-6H2/i7T. The smallest absolute Gasteiger partial charge is 0.0689 e. The van der Waals surface area contributed by atoms with Crippen molar-refractivity contribution < 1.29 is 0 Å². The molecule has 0 aromatic heterocycles. The molecule has 0 nitrogen and oxygen atoms in total. The van der Waals surface area contributed by atoms with Crippen LogP contribution in [0.2, 0.25) is 0 Å². The lowest BCUT2D eigenvalue weighted by Crippen LogP contribution is -1.35. The maximum Gasteiger partial charge on any atom is 0.0689 e. The Kier molecular flexibility index (Phi) is 11.1. The van der Waals surface area contributed by atoms with Crippen LogP contribution >= 0.6 is 89.4 Å². The zero-order valence-corrected chi connectivity index (χ0v) is 17.1. The van der Waals surface area contributed by atoms with Crippen LogP contribution in [-0.4, -0.2) is 1.28 Å². The summed E-state index contributed by atoms with van der Waals surface area (Å²) in [5.41, 5.74) is 0. The molecular formula is H13P11. The molecule has 0 aliphatic heterocycles. The maximum absolute atomic E-state index is 8.10. The molecule has 7 atom stereocenters. The van der Waals surface area contributed by atoms with Crippen molar-refractivity contribution in [3.05, 3.63) is 0 Å². The van der Waals surface area contributed by atoms with Crippen LogP contribution in [-0.2, 0) is 0 Å². The normalized spacial score (nSPS) is 16.7. The Labute approximate surface area is 90.5 Å². The van der Waals surface area contributed by atoms with E-state index in [1.54, 1.807) is 0 Å². The van der Waals surface area contributed by atoms with E-state index in [4.69, 9.17) is 1.28 Å². The van der Waals surface area contributed by atoms with E-state index in [1.165, 1.54) is 0 Å². The second-order valence-corrected chi connectivity index (χ2v) is 40.4. The molecule has 0 radical (unpaired) electrons. The van der Waals surface area contributed by atoms with Gasteiger partial charge in [0.15, 0.2) is 0 Å². The average Bonchev–Trinajstić information content (AvgIpc) is 1.85. The van der Waals surface area contributed by atoms with E-state index in [1.807, 2.05) is 0 Å². The van der Waals surface area contributed by atoms with Crippen LogP contribution in [0.4, 0.5) is 0 Å². The second kappa shape index (κ2) is 8.83. The van der Waals surface area contributed by atoms with Gasteiger partial charge in [-0.1, -0.05) is 7.90 Å². The van der Waals surface area contributed by atoms with Crippen molar-refractivity contribution in [2.45, 2.75) is 0 Å². The van der Waals surface area contributed by atoms with Gasteiger partial charge in [0.2, 0.25) is 0 Å². The van der Waals surface area contributed by atoms with Crippen LogP contribution in [0.25, 0.3) is 0 Å². The first-order chi connectivity index (χ1) is 5.37. The van der Waals surface area contributed by atoms with E-state index in [9.17, 15) is 0 Å². The first-order valence-corrected chi connectivity index (χ1v) is 21.1. The summed E-state index contributed by atoms with van der Waals surface area (Å²) in [6.07, 6.45) is 0. The first kappa shape index (κ1) is 13.8. The molecule has 0 spiro atoms. The van der Waals surface area contributed by atoms with Gasteiger partial charge in [0.05, 0.1) is 1.28 Å². The zero-order chi connectivity index (χ0) is 9.89. The highest BCUT2D eigenvalue weighted by molar-refractivity contribution is 9.14. The molecule has 11 heteroatoms. The molecule has 0 heterocycles. The van der Waals surface area contributed by atoms with Crippen LogP contribution in [0.15, 0.2) is 0 Å². The SMILES string of the molecule is [3H]P(P(P)P)P(P(P)P)P(P)P. The van der Waals surface area contributed by atoms with Crippen molar-refractivity contribution in [1.29, 1.82) is 1.28 Å². The lowest BCUT2D eigenvalue weighted by Gasteiger charge is -2.26. The predicted octanol–water partition coefficient (Wildman–Crippen LogP) is 5.99. The predicted molar refractivity (Wildman–Crippen MR) is 94.3 cm³/mol. The molecule has 0 fully saturated rings. The topological polar surface area (TPSA) is 0 Å². The number of hydrogen-bond acceptors (Lipinski definition) is 0. The Hall–Kier alpha value is 4.73. The van der Waals surface area contributed by atoms with Crippen LogP contribution in [0.3, 0.4) is 0 Å². The van der Waals surface area contributed by atoms with Crippen molar-refractivity contribution in [2.75, 3.05) is 0 Å². The lowest BCUT2D eigenvalue weighted by atomic mass is 28.8. The van der Waals surface area contributed by atoms with E-state index in [2.05, 4.69) is 53.6 Å². The summed E-state index contributed by atoms with van der Waals surface area (Å²) in [7, 11) is 16.7. The highest BCUT2D eigenvalue weighted by atomic mass is 33.2. The second-order valence-electron chi connectivity index (χ2n) is 1.50. The highest BCUT2D eigenvalue weighted by Gasteiger charge is 2.18. The maximum atomic E-state index is 8.10. The Balaban J connectivity index is 4.30. The highest BCUT2D eigenvalue weighted by Crippen LogP contribution is 3.08. The molecule has 0 aromatic carbocycles. The third-order valence-corrected chi connectivity index (χ3v) is 48.3. The summed E-state index contributed by atoms with van der Waals surface area (Å²) in [5.74, 6) is 0. The summed E-state index contributed by atoms with van der Waals surface area (Å²) in [4.78, 5) is 0. The molecule has 0 bridgehead atoms. The summed E-state index contributed by atoms with van der Waals surface area (Å²) in [5, 5.41) is 0. The van der Waals surface area contributed by atoms with E-state index >= 15 is 0 Å². The van der Waals surface area contributed by atoms with Crippen LogP contribution in [0.1, 0.15) is 0 Å². The van der Waals surface area contributed by atoms with Gasteiger partial charge in [-0.15, -0.1) is 53.6 Å². The molecule has 0 aliphatic rings. The van der Waals surface area contributed by atoms with E-state index in [-0.39, 0.29) is 27.9 Å². The summed E-state index contributed by atoms with van der Waals surface area (Å²) >= 11 is 0. The molecule has 0 amide bonds. The van der Waals surface area contributed by atoms with E-state index in [0.29, 0.717) is 0 Å². The van der Waals surface area contributed by atoms with Gasteiger partial charge in [-0.3, -0.25) is 0 Å². The molecule has 0 aliphatic carbocycles. The van der Waals surface area contributed by atoms with Gasteiger partial charge in [-0.25, -0.2) is 0 Å². The molecule has 7 unspecified atom stereocenters. The third-order valence-electron chi connectivity index (χ3n) is 0.596. The van der Waals surface area contributed by atoms with Gasteiger partial charge in [-0.05, 0) is 27.9 Å². The fraction of sp³-hybridized carbons (Fsp3) is 0. The molecule has 11 heavy (non-hydrogen) atoms. The Morgan fingerprint density at radius 2 is 1.27 bits per heavy atom. The monoisotopic (exact) mass is 356 g/mol. The zero-order valence-electron chi connectivity index (χ0n) is 6.70. The Morgan fingerprint density at radius 3 is 1.36 bits per heavy atom. The van der Waals surface area contributed by atoms with E-state index < -0.39 is 7.90 Å². The van der Waals surface area contributed by atoms with Crippen molar-refractivity contribution in [3.8, 4) is 0 Å². The van der Waals surface area contributed by atoms with Crippen molar-refractivity contribution in [2.24, 2.45) is 0 Å². The van der Waals surface area contributed by atoms with Gasteiger partial charge in [0.1, 0.15) is 0 Å². The quantitative estimate of drug-likeness (QED) is 0.543. The van der Waals surface area contributed by atoms with Crippen molar-refractivity contribution in [1.82, 2.24) is 0 Å². The molecule has 0 saturated heterocycles. The first-order valence-electron chi connectivity index (χ1n) is 2.80. The fourth-order valence-corrected chi connectivity index (χ4v) is 73.9. The van der Waals surface area contributed by atoms with Crippen LogP contribution in [0, 0.1) is 0 Å². The van der Waals surface area contributed by atoms with E-state index in [0.717, 1.165) is 0 Å².